The van der Waals surface area contributed by atoms with Gasteiger partial charge in [0.2, 0.25) is 0 Å². The van der Waals surface area contributed by atoms with E-state index >= 15 is 0 Å². The molecule has 0 saturated carbocycles. The van der Waals surface area contributed by atoms with Crippen LogP contribution in [0.15, 0.2) is 23.1 Å². The maximum absolute atomic E-state index is 6.15. The van der Waals surface area contributed by atoms with E-state index in [2.05, 4.69) is 25.2 Å². The van der Waals surface area contributed by atoms with Crippen LogP contribution in [0, 0.1) is 0 Å². The van der Waals surface area contributed by atoms with E-state index in [9.17, 15) is 0 Å². The fourth-order valence-corrected chi connectivity index (χ4v) is 2.39. The molecule has 0 amide bonds. The number of halogens is 1. The summed E-state index contributed by atoms with van der Waals surface area (Å²) < 4.78 is 0. The number of hydrogen-bond donors (Lipinski definition) is 1. The molecular formula is C11H16ClNS. The molecule has 0 saturated heterocycles. The Balaban J connectivity index is 2.84. The highest BCUT2D eigenvalue weighted by molar-refractivity contribution is 7.99. The van der Waals surface area contributed by atoms with Gasteiger partial charge in [0.15, 0.2) is 0 Å². The third-order valence-electron chi connectivity index (χ3n) is 1.93. The SMILES string of the molecule is CCNCc1c(Cl)cccc1SCC. The predicted molar refractivity (Wildman–Crippen MR) is 65.2 cm³/mol. The molecule has 0 aliphatic heterocycles. The lowest BCUT2D eigenvalue weighted by Crippen LogP contribution is -2.12. The van der Waals surface area contributed by atoms with Gasteiger partial charge in [0, 0.05) is 16.5 Å². The van der Waals surface area contributed by atoms with E-state index in [-0.39, 0.29) is 0 Å². The molecule has 0 unspecified atom stereocenters. The van der Waals surface area contributed by atoms with Crippen molar-refractivity contribution in [2.45, 2.75) is 25.3 Å². The number of rotatable bonds is 5. The summed E-state index contributed by atoms with van der Waals surface area (Å²) in [5, 5.41) is 4.17. The van der Waals surface area contributed by atoms with Crippen LogP contribution in [-0.4, -0.2) is 12.3 Å². The zero-order chi connectivity index (χ0) is 10.4. The fraction of sp³-hybridized carbons (Fsp3) is 0.455. The lowest BCUT2D eigenvalue weighted by molar-refractivity contribution is 0.718. The van der Waals surface area contributed by atoms with Crippen molar-refractivity contribution in [2.24, 2.45) is 0 Å². The maximum atomic E-state index is 6.15. The topological polar surface area (TPSA) is 12.0 Å². The first kappa shape index (κ1) is 11.9. The Kier molecular flexibility index (Phi) is 5.38. The van der Waals surface area contributed by atoms with Crippen molar-refractivity contribution in [3.05, 3.63) is 28.8 Å². The standard InChI is InChI=1S/C11H16ClNS/c1-3-13-8-9-10(12)6-5-7-11(9)14-4-2/h5-7,13H,3-4,8H2,1-2H3. The summed E-state index contributed by atoms with van der Waals surface area (Å²) >= 11 is 7.99. The van der Waals surface area contributed by atoms with Crippen LogP contribution in [-0.2, 0) is 6.54 Å². The fourth-order valence-electron chi connectivity index (χ4n) is 1.25. The van der Waals surface area contributed by atoms with Gasteiger partial charge in [-0.3, -0.25) is 0 Å². The molecule has 0 aromatic heterocycles. The van der Waals surface area contributed by atoms with Crippen LogP contribution in [0.5, 0.6) is 0 Å². The van der Waals surface area contributed by atoms with E-state index in [1.54, 1.807) is 0 Å². The van der Waals surface area contributed by atoms with Crippen molar-refractivity contribution < 1.29 is 0 Å². The van der Waals surface area contributed by atoms with E-state index in [4.69, 9.17) is 11.6 Å². The average molecular weight is 230 g/mol. The molecule has 0 spiro atoms. The van der Waals surface area contributed by atoms with Crippen LogP contribution < -0.4 is 5.32 Å². The molecule has 0 aliphatic rings. The van der Waals surface area contributed by atoms with Crippen molar-refractivity contribution in [3.63, 3.8) is 0 Å². The van der Waals surface area contributed by atoms with Crippen LogP contribution in [0.4, 0.5) is 0 Å². The Morgan fingerprint density at radius 2 is 2.14 bits per heavy atom. The summed E-state index contributed by atoms with van der Waals surface area (Å²) in [5.74, 6) is 1.08. The number of nitrogens with one attached hydrogen (secondary N) is 1. The minimum absolute atomic E-state index is 0.860. The first-order valence-electron chi connectivity index (χ1n) is 4.90. The van der Waals surface area contributed by atoms with Crippen LogP contribution >= 0.6 is 23.4 Å². The van der Waals surface area contributed by atoms with Crippen LogP contribution in [0.25, 0.3) is 0 Å². The molecule has 0 atom stereocenters. The smallest absolute Gasteiger partial charge is 0.0462 e. The van der Waals surface area contributed by atoms with Crippen LogP contribution in [0.3, 0.4) is 0 Å². The number of hydrogen-bond acceptors (Lipinski definition) is 2. The number of thioether (sulfide) groups is 1. The van der Waals surface area contributed by atoms with Crippen molar-refractivity contribution in [2.75, 3.05) is 12.3 Å². The van der Waals surface area contributed by atoms with Gasteiger partial charge in [-0.05, 0) is 30.0 Å². The molecule has 0 radical (unpaired) electrons. The molecule has 0 fully saturated rings. The normalized spacial score (nSPS) is 10.5. The van der Waals surface area contributed by atoms with Gasteiger partial charge in [-0.25, -0.2) is 0 Å². The Morgan fingerprint density at radius 1 is 1.36 bits per heavy atom. The quantitative estimate of drug-likeness (QED) is 0.775. The Labute approximate surface area is 95.2 Å². The second-order valence-corrected chi connectivity index (χ2v) is 4.64. The second-order valence-electron chi connectivity index (χ2n) is 2.93. The minimum Gasteiger partial charge on any atom is -0.313 e. The highest BCUT2D eigenvalue weighted by Gasteiger charge is 2.05. The molecule has 1 nitrogen and oxygen atoms in total. The monoisotopic (exact) mass is 229 g/mol. The molecule has 1 rings (SSSR count). The molecule has 1 aromatic rings. The molecule has 0 heterocycles. The predicted octanol–water partition coefficient (Wildman–Crippen LogP) is 3.56. The molecule has 1 aromatic carbocycles. The molecule has 0 bridgehead atoms. The Hall–Kier alpha value is -0.180. The third-order valence-corrected chi connectivity index (χ3v) is 3.26. The van der Waals surface area contributed by atoms with Crippen molar-refractivity contribution >= 4 is 23.4 Å². The summed E-state index contributed by atoms with van der Waals surface area (Å²) in [4.78, 5) is 1.29. The summed E-state index contributed by atoms with van der Waals surface area (Å²) in [6.07, 6.45) is 0. The highest BCUT2D eigenvalue weighted by Crippen LogP contribution is 2.28. The second kappa shape index (κ2) is 6.33. The zero-order valence-electron chi connectivity index (χ0n) is 8.64. The van der Waals surface area contributed by atoms with E-state index < -0.39 is 0 Å². The van der Waals surface area contributed by atoms with Gasteiger partial charge in [-0.1, -0.05) is 31.5 Å². The van der Waals surface area contributed by atoms with E-state index in [1.807, 2.05) is 23.9 Å². The van der Waals surface area contributed by atoms with Crippen LogP contribution in [0.2, 0.25) is 5.02 Å². The molecular weight excluding hydrogens is 214 g/mol. The summed E-state index contributed by atoms with van der Waals surface area (Å²) in [5.41, 5.74) is 1.22. The molecule has 0 aliphatic carbocycles. The maximum Gasteiger partial charge on any atom is 0.0462 e. The lowest BCUT2D eigenvalue weighted by Gasteiger charge is -2.10. The van der Waals surface area contributed by atoms with Crippen LogP contribution in [0.1, 0.15) is 19.4 Å². The first-order valence-corrected chi connectivity index (χ1v) is 6.26. The van der Waals surface area contributed by atoms with Gasteiger partial charge in [0.1, 0.15) is 0 Å². The molecule has 78 valence electrons. The van der Waals surface area contributed by atoms with Crippen molar-refractivity contribution in [3.8, 4) is 0 Å². The van der Waals surface area contributed by atoms with Gasteiger partial charge in [-0.2, -0.15) is 0 Å². The third kappa shape index (κ3) is 3.19. The minimum atomic E-state index is 0.860. The van der Waals surface area contributed by atoms with Gasteiger partial charge in [0.25, 0.3) is 0 Å². The Morgan fingerprint density at radius 3 is 2.79 bits per heavy atom. The highest BCUT2D eigenvalue weighted by atomic mass is 35.5. The zero-order valence-corrected chi connectivity index (χ0v) is 10.2. The molecule has 3 heteroatoms. The van der Waals surface area contributed by atoms with E-state index in [1.165, 1.54) is 10.5 Å². The first-order chi connectivity index (χ1) is 6.79. The summed E-state index contributed by atoms with van der Waals surface area (Å²) in [6.45, 7) is 6.09. The van der Waals surface area contributed by atoms with Crippen molar-refractivity contribution in [1.29, 1.82) is 0 Å². The van der Waals surface area contributed by atoms with Gasteiger partial charge in [-0.15, -0.1) is 11.8 Å². The van der Waals surface area contributed by atoms with E-state index in [0.717, 1.165) is 23.9 Å². The number of benzene rings is 1. The average Bonchev–Trinajstić information content (AvgIpc) is 2.18. The Bertz CT molecular complexity index is 289. The van der Waals surface area contributed by atoms with Gasteiger partial charge in [0.05, 0.1) is 0 Å². The summed E-state index contributed by atoms with van der Waals surface area (Å²) in [6, 6.07) is 6.09. The molecule has 14 heavy (non-hydrogen) atoms. The van der Waals surface area contributed by atoms with Crippen molar-refractivity contribution in [1.82, 2.24) is 5.32 Å². The van der Waals surface area contributed by atoms with E-state index in [0.29, 0.717) is 0 Å². The van der Waals surface area contributed by atoms with Gasteiger partial charge < -0.3 is 5.32 Å². The van der Waals surface area contributed by atoms with Gasteiger partial charge >= 0.3 is 0 Å². The summed E-state index contributed by atoms with van der Waals surface area (Å²) in [7, 11) is 0. The molecule has 1 N–H and O–H groups in total. The largest absolute Gasteiger partial charge is 0.313 e. The lowest BCUT2D eigenvalue weighted by atomic mass is 10.2.